The second kappa shape index (κ2) is 6.57. The molecule has 1 aliphatic rings. The molecule has 8 nitrogen and oxygen atoms in total. The minimum atomic E-state index is 0.703. The highest BCUT2D eigenvalue weighted by Crippen LogP contribution is 2.30. The molecular weight excluding hydrogens is 386 g/mol. The second-order valence-electron chi connectivity index (χ2n) is 5.86. The lowest BCUT2D eigenvalue weighted by molar-refractivity contribution is 0.122. The van der Waals surface area contributed by atoms with E-state index < -0.39 is 0 Å². The van der Waals surface area contributed by atoms with E-state index in [-0.39, 0.29) is 0 Å². The molecule has 25 heavy (non-hydrogen) atoms. The molecule has 1 aliphatic heterocycles. The average Bonchev–Trinajstić information content (AvgIpc) is 2.92. The molecule has 1 saturated heterocycles. The van der Waals surface area contributed by atoms with Gasteiger partial charge < -0.3 is 15.0 Å². The van der Waals surface area contributed by atoms with Crippen molar-refractivity contribution in [3.63, 3.8) is 0 Å². The number of ether oxygens (including phenoxy) is 1. The fourth-order valence-electron chi connectivity index (χ4n) is 2.91. The van der Waals surface area contributed by atoms with Crippen LogP contribution < -0.4 is 10.2 Å². The summed E-state index contributed by atoms with van der Waals surface area (Å²) in [7, 11) is 1.85. The number of halogens is 1. The summed E-state index contributed by atoms with van der Waals surface area (Å²) < 4.78 is 7.83. The fourth-order valence-corrected chi connectivity index (χ4v) is 3.51. The molecule has 130 valence electrons. The van der Waals surface area contributed by atoms with E-state index in [4.69, 9.17) is 9.72 Å². The molecule has 0 aliphatic carbocycles. The Bertz CT molecular complexity index is 920. The quantitative estimate of drug-likeness (QED) is 0.718. The van der Waals surface area contributed by atoms with Gasteiger partial charge in [-0.2, -0.15) is 5.10 Å². The lowest BCUT2D eigenvalue weighted by atomic mass is 10.2. The third-order valence-electron chi connectivity index (χ3n) is 4.24. The van der Waals surface area contributed by atoms with E-state index in [1.165, 1.54) is 6.33 Å². The minimum absolute atomic E-state index is 0.703. The Morgan fingerprint density at radius 1 is 1.20 bits per heavy atom. The summed E-state index contributed by atoms with van der Waals surface area (Å²) in [5.41, 5.74) is 2.59. The van der Waals surface area contributed by atoms with Crippen LogP contribution in [0.4, 0.5) is 17.3 Å². The lowest BCUT2D eigenvalue weighted by Gasteiger charge is -2.28. The number of anilines is 3. The number of hydrogen-bond donors (Lipinski definition) is 1. The summed E-state index contributed by atoms with van der Waals surface area (Å²) in [4.78, 5) is 15.6. The van der Waals surface area contributed by atoms with E-state index in [1.807, 2.05) is 26.1 Å². The highest BCUT2D eigenvalue weighted by atomic mass is 79.9. The summed E-state index contributed by atoms with van der Waals surface area (Å²) in [5.74, 6) is 1.68. The molecule has 3 aromatic rings. The van der Waals surface area contributed by atoms with E-state index >= 15 is 0 Å². The van der Waals surface area contributed by atoms with Crippen molar-refractivity contribution in [3.8, 4) is 0 Å². The average molecular weight is 404 g/mol. The van der Waals surface area contributed by atoms with Gasteiger partial charge in [-0.25, -0.2) is 19.6 Å². The Labute approximate surface area is 153 Å². The van der Waals surface area contributed by atoms with E-state index in [0.717, 1.165) is 54.5 Å². The number of pyridine rings is 1. The van der Waals surface area contributed by atoms with Gasteiger partial charge in [0.25, 0.3) is 0 Å². The lowest BCUT2D eigenvalue weighted by Crippen LogP contribution is -2.36. The van der Waals surface area contributed by atoms with Crippen LogP contribution in [0.15, 0.2) is 23.1 Å². The van der Waals surface area contributed by atoms with Gasteiger partial charge in [0, 0.05) is 20.1 Å². The minimum Gasteiger partial charge on any atom is -0.378 e. The van der Waals surface area contributed by atoms with Crippen LogP contribution in [0.3, 0.4) is 0 Å². The van der Waals surface area contributed by atoms with Gasteiger partial charge in [-0.05, 0) is 35.0 Å². The molecule has 1 N–H and O–H groups in total. The van der Waals surface area contributed by atoms with Crippen molar-refractivity contribution in [1.82, 2.24) is 24.7 Å². The van der Waals surface area contributed by atoms with E-state index in [2.05, 4.69) is 41.2 Å². The topological polar surface area (TPSA) is 81.0 Å². The number of nitrogens with one attached hydrogen (secondary N) is 1. The summed E-state index contributed by atoms with van der Waals surface area (Å²) in [5, 5.41) is 8.55. The summed E-state index contributed by atoms with van der Waals surface area (Å²) >= 11 is 3.48. The zero-order valence-electron chi connectivity index (χ0n) is 14.0. The highest BCUT2D eigenvalue weighted by molar-refractivity contribution is 9.10. The van der Waals surface area contributed by atoms with Gasteiger partial charge in [0.05, 0.1) is 30.0 Å². The van der Waals surface area contributed by atoms with Crippen molar-refractivity contribution in [1.29, 1.82) is 0 Å². The number of nitrogens with zero attached hydrogens (tertiary/aromatic N) is 6. The number of rotatable bonds is 3. The van der Waals surface area contributed by atoms with Crippen LogP contribution in [0.5, 0.6) is 0 Å². The van der Waals surface area contributed by atoms with E-state index in [9.17, 15) is 0 Å². The van der Waals surface area contributed by atoms with Gasteiger partial charge in [0.2, 0.25) is 0 Å². The van der Waals surface area contributed by atoms with Crippen LogP contribution in [-0.2, 0) is 11.8 Å². The zero-order chi connectivity index (χ0) is 17.4. The molecule has 0 atom stereocenters. The van der Waals surface area contributed by atoms with Crippen LogP contribution in [0.1, 0.15) is 5.69 Å². The largest absolute Gasteiger partial charge is 0.378 e. The Balaban J connectivity index is 1.65. The first kappa shape index (κ1) is 16.2. The molecule has 0 unspecified atom stereocenters. The monoisotopic (exact) mass is 403 g/mol. The zero-order valence-corrected chi connectivity index (χ0v) is 15.6. The molecule has 9 heteroatoms. The fraction of sp³-hybridized carbons (Fsp3) is 0.375. The van der Waals surface area contributed by atoms with Gasteiger partial charge >= 0.3 is 0 Å². The third kappa shape index (κ3) is 3.05. The van der Waals surface area contributed by atoms with Gasteiger partial charge in [0.15, 0.2) is 5.65 Å². The maximum absolute atomic E-state index is 5.40. The summed E-state index contributed by atoms with van der Waals surface area (Å²) in [6.07, 6.45) is 1.53. The first-order valence-electron chi connectivity index (χ1n) is 8.04. The maximum atomic E-state index is 5.40. The molecule has 0 spiro atoms. The molecule has 0 amide bonds. The first-order valence-corrected chi connectivity index (χ1v) is 8.83. The Kier molecular flexibility index (Phi) is 4.26. The van der Waals surface area contributed by atoms with Crippen molar-refractivity contribution in [2.75, 3.05) is 36.5 Å². The van der Waals surface area contributed by atoms with Crippen molar-refractivity contribution < 1.29 is 4.74 Å². The maximum Gasteiger partial charge on any atom is 0.164 e. The molecular formula is C16H18BrN7O. The van der Waals surface area contributed by atoms with Crippen LogP contribution in [0.2, 0.25) is 0 Å². The van der Waals surface area contributed by atoms with Gasteiger partial charge in [-0.1, -0.05) is 0 Å². The SMILES string of the molecule is Cc1nc(N2CCOCC2)ccc1Nc1ncnc2c1c(Br)nn2C. The number of hydrogen-bond acceptors (Lipinski definition) is 7. The number of fused-ring (bicyclic) bond motifs is 1. The predicted molar refractivity (Wildman–Crippen MR) is 99.3 cm³/mol. The number of morpholine rings is 1. The highest BCUT2D eigenvalue weighted by Gasteiger charge is 2.16. The number of aryl methyl sites for hydroxylation is 2. The first-order chi connectivity index (χ1) is 12.1. The molecule has 0 saturated carbocycles. The molecule has 0 bridgehead atoms. The molecule has 0 aromatic carbocycles. The van der Waals surface area contributed by atoms with Crippen LogP contribution in [0.25, 0.3) is 11.0 Å². The normalized spacial score (nSPS) is 14.9. The van der Waals surface area contributed by atoms with E-state index in [1.54, 1.807) is 4.68 Å². The Hall–Kier alpha value is -2.26. The smallest absolute Gasteiger partial charge is 0.164 e. The van der Waals surface area contributed by atoms with Gasteiger partial charge in [-0.15, -0.1) is 0 Å². The molecule has 0 radical (unpaired) electrons. The van der Waals surface area contributed by atoms with Crippen molar-refractivity contribution in [3.05, 3.63) is 28.8 Å². The third-order valence-corrected chi connectivity index (χ3v) is 4.79. The molecule has 3 aromatic heterocycles. The van der Waals surface area contributed by atoms with Crippen LogP contribution in [-0.4, -0.2) is 51.0 Å². The van der Waals surface area contributed by atoms with Crippen LogP contribution in [0, 0.1) is 6.92 Å². The van der Waals surface area contributed by atoms with Crippen molar-refractivity contribution in [2.24, 2.45) is 7.05 Å². The van der Waals surface area contributed by atoms with Gasteiger partial charge in [0.1, 0.15) is 22.6 Å². The molecule has 1 fully saturated rings. The van der Waals surface area contributed by atoms with Crippen molar-refractivity contribution >= 4 is 44.3 Å². The Morgan fingerprint density at radius 3 is 2.76 bits per heavy atom. The molecule has 4 rings (SSSR count). The summed E-state index contributed by atoms with van der Waals surface area (Å²) in [6, 6.07) is 4.06. The van der Waals surface area contributed by atoms with Crippen LogP contribution >= 0.6 is 15.9 Å². The van der Waals surface area contributed by atoms with Crippen molar-refractivity contribution in [2.45, 2.75) is 6.92 Å². The standard InChI is InChI=1S/C16H18BrN7O/c1-10-11(3-4-12(20-10)24-5-7-25-8-6-24)21-15-13-14(17)22-23(2)16(13)19-9-18-15/h3-4,9H,5-8H2,1-2H3,(H,18,19,21). The predicted octanol–water partition coefficient (Wildman–Crippen LogP) is 2.41. The van der Waals surface area contributed by atoms with E-state index in [0.29, 0.717) is 10.4 Å². The second-order valence-corrected chi connectivity index (χ2v) is 6.61. The number of aromatic nitrogens is 5. The van der Waals surface area contributed by atoms with Gasteiger partial charge in [-0.3, -0.25) is 0 Å². The molecule has 4 heterocycles. The summed E-state index contributed by atoms with van der Waals surface area (Å²) in [6.45, 7) is 5.22. The Morgan fingerprint density at radius 2 is 2.00 bits per heavy atom.